The highest BCUT2D eigenvalue weighted by Crippen LogP contribution is 2.35. The van der Waals surface area contributed by atoms with Crippen molar-refractivity contribution in [2.24, 2.45) is 45.8 Å². The van der Waals surface area contributed by atoms with Gasteiger partial charge in [-0.15, -0.1) is 0 Å². The highest BCUT2D eigenvalue weighted by molar-refractivity contribution is 6.39. The number of piperidine rings is 1. The van der Waals surface area contributed by atoms with Gasteiger partial charge in [0, 0.05) is 64.7 Å². The zero-order valence-corrected chi connectivity index (χ0v) is 44.0. The van der Waals surface area contributed by atoms with E-state index < -0.39 is 41.5 Å². The summed E-state index contributed by atoms with van der Waals surface area (Å²) in [5, 5.41) is 47.6. The lowest BCUT2D eigenvalue weighted by atomic mass is 9.78. The molecule has 1 saturated heterocycles. The van der Waals surface area contributed by atoms with Crippen molar-refractivity contribution < 1.29 is 53.9 Å². The number of likely N-dealkylation sites (tertiary alicyclic amines) is 1. The normalized spacial score (nSPS) is 22.1. The van der Waals surface area contributed by atoms with Crippen LogP contribution in [0.5, 0.6) is 0 Å². The predicted octanol–water partition coefficient (Wildman–Crippen LogP) is 9.18. The molecular weight excluding hydrogens is 881 g/mol. The Kier molecular flexibility index (Phi) is 30.5. The molecule has 69 heavy (non-hydrogen) atoms. The molecule has 0 bridgehead atoms. The zero-order valence-electron chi connectivity index (χ0n) is 44.0. The van der Waals surface area contributed by atoms with Crippen molar-refractivity contribution in [3.8, 4) is 0 Å². The van der Waals surface area contributed by atoms with Crippen LogP contribution in [0, 0.1) is 35.5 Å². The van der Waals surface area contributed by atoms with Crippen molar-refractivity contribution >= 4 is 29.2 Å². The summed E-state index contributed by atoms with van der Waals surface area (Å²) in [6.07, 6.45) is 24.6. The van der Waals surface area contributed by atoms with Gasteiger partial charge in [0.05, 0.1) is 19.2 Å². The second kappa shape index (κ2) is 33.4. The van der Waals surface area contributed by atoms with Crippen LogP contribution < -0.4 is 0 Å². The Morgan fingerprint density at radius 3 is 2.22 bits per heavy atom. The first-order valence-electron chi connectivity index (χ1n) is 25.2. The van der Waals surface area contributed by atoms with E-state index in [2.05, 4.69) is 36.8 Å². The highest BCUT2D eigenvalue weighted by Gasteiger charge is 2.47. The Hall–Kier alpha value is -4.15. The number of Topliss-reactive ketones (excluding diaryl/α,β-unsaturated/α-hetero) is 3. The second-order valence-corrected chi connectivity index (χ2v) is 19.7. The molecule has 6 unspecified atom stereocenters. The Morgan fingerprint density at radius 1 is 0.899 bits per heavy atom. The monoisotopic (exact) mass is 971 g/mol. The number of carbonyl (C=O) groups is 5. The van der Waals surface area contributed by atoms with Crippen molar-refractivity contribution in [2.75, 3.05) is 34.9 Å². The molecule has 0 aromatic heterocycles. The number of amides is 1. The first-order valence-corrected chi connectivity index (χ1v) is 25.2. The number of carbonyl (C=O) groups excluding carboxylic acids is 4. The number of ketones is 3. The van der Waals surface area contributed by atoms with Crippen LogP contribution in [0.4, 0.5) is 0 Å². The van der Waals surface area contributed by atoms with E-state index in [0.29, 0.717) is 56.8 Å². The number of ether oxygens (including phenoxy) is 2. The molecule has 4 N–H and O–H groups in total. The minimum absolute atomic E-state index is 0.0523. The third-order valence-corrected chi connectivity index (χ3v) is 13.9. The lowest BCUT2D eigenvalue weighted by Crippen LogP contribution is -2.57. The Labute approximate surface area is 414 Å². The van der Waals surface area contributed by atoms with Gasteiger partial charge in [0.1, 0.15) is 17.9 Å². The first-order chi connectivity index (χ1) is 32.7. The maximum atomic E-state index is 13.5. The fourth-order valence-corrected chi connectivity index (χ4v) is 9.66. The maximum Gasteiger partial charge on any atom is 0.326 e. The van der Waals surface area contributed by atoms with Gasteiger partial charge in [-0.3, -0.25) is 19.2 Å². The summed E-state index contributed by atoms with van der Waals surface area (Å²) in [5.41, 5.74) is 2.15. The number of carboxylic acid groups (broad SMARTS) is 1. The number of rotatable bonds is 31. The van der Waals surface area contributed by atoms with Crippen LogP contribution in [0.25, 0.3) is 0 Å². The van der Waals surface area contributed by atoms with Crippen LogP contribution in [0.15, 0.2) is 70.7 Å². The SMILES string of the molecule is C=CN(N=NC)C1CCC(C[C@@H](C)CCC(=O)[C@H](C)/C=C(\C)CC(OC)C(=O)C(C)C[C@H](C)/C=C/C=C/C=C(\C)CCCCCC(C)C(O)(O)C(=O)C(=O)N2CCCC[C@H]2C(=O)O)CC1OC.CO. The number of aliphatic hydroxyl groups excluding tert-OH is 1. The van der Waals surface area contributed by atoms with Crippen molar-refractivity contribution in [3.05, 3.63) is 60.4 Å². The summed E-state index contributed by atoms with van der Waals surface area (Å²) in [5.74, 6) is -6.56. The molecule has 0 spiro atoms. The smallest absolute Gasteiger partial charge is 0.326 e. The van der Waals surface area contributed by atoms with Gasteiger partial charge < -0.3 is 34.8 Å². The molecule has 0 aromatic rings. The van der Waals surface area contributed by atoms with Gasteiger partial charge in [0.25, 0.3) is 11.7 Å². The summed E-state index contributed by atoms with van der Waals surface area (Å²) in [6.45, 7) is 17.7. The number of carboxylic acids is 1. The molecule has 0 aromatic carbocycles. The number of aliphatic carboxylic acids is 1. The van der Waals surface area contributed by atoms with Gasteiger partial charge in [-0.25, -0.2) is 9.80 Å². The lowest BCUT2D eigenvalue weighted by molar-refractivity contribution is -0.205. The van der Waals surface area contributed by atoms with Gasteiger partial charge in [-0.2, -0.15) is 5.11 Å². The third-order valence-electron chi connectivity index (χ3n) is 13.9. The standard InChI is InChI=1S/C53H86N4O10.CH4O/c1-12-57(55-54-9)44-28-27-43(35-47(44)66-10)33-38(4)26-29-46(58)40(6)32-39(5)34-48(67-11)49(59)41(7)31-37(3)23-17-13-15-21-36(2)22-16-14-18-24-42(8)53(64,65)50(60)51(61)56-30-20-19-25-45(56)52(62)63;1-2/h12-13,15,17,21,23,32,37-38,40-45,47-48,64-65H,1,14,16,18-20,22,24-31,33-35H2,2-11H3,(H,62,63);2H,1H3/b15-13+,23-17+,36-21+,39-32+,55-54?;/t37-,38+,40-,41?,42?,43?,44?,45+,47?,48?;/m1./s1. The second-order valence-electron chi connectivity index (χ2n) is 19.7. The summed E-state index contributed by atoms with van der Waals surface area (Å²) in [6, 6.07) is -1.01. The van der Waals surface area contributed by atoms with Crippen LogP contribution in [0.1, 0.15) is 151 Å². The molecule has 2 rings (SSSR count). The minimum Gasteiger partial charge on any atom is -0.480 e. The number of methoxy groups -OCH3 is 2. The molecular formula is C54H90N4O11. The number of hydrogen-bond acceptors (Lipinski definition) is 12. The fourth-order valence-electron chi connectivity index (χ4n) is 9.66. The fraction of sp³-hybridized carbons (Fsp3) is 0.722. The summed E-state index contributed by atoms with van der Waals surface area (Å²) in [4.78, 5) is 64.8. The van der Waals surface area contributed by atoms with E-state index in [1.54, 1.807) is 32.5 Å². The molecule has 1 aliphatic carbocycles. The van der Waals surface area contributed by atoms with E-state index in [1.165, 1.54) is 12.5 Å². The van der Waals surface area contributed by atoms with Gasteiger partial charge >= 0.3 is 5.97 Å². The van der Waals surface area contributed by atoms with Crippen LogP contribution >= 0.6 is 0 Å². The minimum atomic E-state index is -2.86. The quantitative estimate of drug-likeness (QED) is 0.00973. The first kappa shape index (κ1) is 62.9. The molecule has 1 amide bonds. The third kappa shape index (κ3) is 21.8. The average molecular weight is 971 g/mol. The van der Waals surface area contributed by atoms with E-state index in [9.17, 15) is 39.3 Å². The summed E-state index contributed by atoms with van der Waals surface area (Å²) in [7, 11) is 5.97. The van der Waals surface area contributed by atoms with Gasteiger partial charge in [0.15, 0.2) is 5.78 Å². The summed E-state index contributed by atoms with van der Waals surface area (Å²) < 4.78 is 11.5. The average Bonchev–Trinajstić information content (AvgIpc) is 3.33. The molecule has 10 atom stereocenters. The number of allylic oxidation sites excluding steroid dienone is 7. The van der Waals surface area contributed by atoms with Crippen LogP contribution in [-0.2, 0) is 33.4 Å². The van der Waals surface area contributed by atoms with Crippen LogP contribution in [-0.4, -0.2) is 125 Å². The van der Waals surface area contributed by atoms with Crippen LogP contribution in [0.3, 0.4) is 0 Å². The number of nitrogens with zero attached hydrogens (tertiary/aromatic N) is 4. The Balaban J connectivity index is 0.0000117. The summed E-state index contributed by atoms with van der Waals surface area (Å²) >= 11 is 0. The number of unbranched alkanes of at least 4 members (excludes halogenated alkanes) is 2. The van der Waals surface area contributed by atoms with Crippen molar-refractivity contribution in [1.29, 1.82) is 0 Å². The molecule has 2 fully saturated rings. The molecule has 15 nitrogen and oxygen atoms in total. The highest BCUT2D eigenvalue weighted by atomic mass is 16.5. The van der Waals surface area contributed by atoms with Gasteiger partial charge in [-0.1, -0.05) is 107 Å². The van der Waals surface area contributed by atoms with E-state index in [4.69, 9.17) is 14.6 Å². The number of hydrogen-bond donors (Lipinski definition) is 4. The Bertz CT molecular complexity index is 1760. The van der Waals surface area contributed by atoms with E-state index in [-0.39, 0.29) is 54.4 Å². The van der Waals surface area contributed by atoms with Crippen LogP contribution in [0.2, 0.25) is 0 Å². The van der Waals surface area contributed by atoms with E-state index in [1.807, 2.05) is 58.1 Å². The predicted molar refractivity (Wildman–Crippen MR) is 271 cm³/mol. The molecule has 392 valence electrons. The van der Waals surface area contributed by atoms with E-state index >= 15 is 0 Å². The molecule has 1 saturated carbocycles. The van der Waals surface area contributed by atoms with Crippen molar-refractivity contribution in [1.82, 2.24) is 9.91 Å². The molecule has 0 radical (unpaired) electrons. The van der Waals surface area contributed by atoms with E-state index in [0.717, 1.165) is 68.9 Å². The Morgan fingerprint density at radius 2 is 1.59 bits per heavy atom. The molecule has 1 aliphatic heterocycles. The zero-order chi connectivity index (χ0) is 52.3. The lowest BCUT2D eigenvalue weighted by Gasteiger charge is -2.39. The molecule has 2 aliphatic rings. The molecule has 15 heteroatoms. The van der Waals surface area contributed by atoms with Gasteiger partial charge in [-0.05, 0) is 109 Å². The topological polar surface area (TPSA) is 216 Å². The maximum absolute atomic E-state index is 13.5. The largest absolute Gasteiger partial charge is 0.480 e. The van der Waals surface area contributed by atoms with Gasteiger partial charge in [0.2, 0.25) is 5.79 Å². The molecule has 1 heterocycles. The van der Waals surface area contributed by atoms with Crippen molar-refractivity contribution in [2.45, 2.75) is 181 Å². The number of aliphatic hydroxyl groups is 3. The van der Waals surface area contributed by atoms with Crippen molar-refractivity contribution in [3.63, 3.8) is 0 Å².